The van der Waals surface area contributed by atoms with Crippen LogP contribution in [0.5, 0.6) is 0 Å². The van der Waals surface area contributed by atoms with Crippen LogP contribution >= 0.6 is 23.2 Å². The number of methoxy groups -OCH3 is 1. The van der Waals surface area contributed by atoms with Gasteiger partial charge in [0.15, 0.2) is 0 Å². The molecule has 41 heavy (non-hydrogen) atoms. The van der Waals surface area contributed by atoms with Gasteiger partial charge in [-0.25, -0.2) is 4.79 Å². The summed E-state index contributed by atoms with van der Waals surface area (Å²) in [5.74, 6) is 0.964. The number of carbonyl (C=O) groups excluding carboxylic acids is 2. The van der Waals surface area contributed by atoms with Crippen LogP contribution in [0.4, 0.5) is 4.79 Å². The molecule has 1 fully saturated rings. The Labute approximate surface area is 249 Å². The van der Waals surface area contributed by atoms with Crippen molar-refractivity contribution in [2.75, 3.05) is 20.7 Å². The van der Waals surface area contributed by atoms with Gasteiger partial charge in [-0.3, -0.25) is 19.6 Å². The maximum Gasteiger partial charge on any atom is 0.330 e. The van der Waals surface area contributed by atoms with Crippen molar-refractivity contribution in [2.24, 2.45) is 10.4 Å². The third-order valence-corrected chi connectivity index (χ3v) is 9.00. The first-order chi connectivity index (χ1) is 19.4. The van der Waals surface area contributed by atoms with Gasteiger partial charge in [0.05, 0.1) is 23.5 Å². The number of amides is 3. The molecule has 0 saturated carbocycles. The first-order valence-corrected chi connectivity index (χ1v) is 14.3. The monoisotopic (exact) mass is 594 g/mol. The number of ether oxygens (including phenoxy) is 2. The van der Waals surface area contributed by atoms with Gasteiger partial charge in [-0.1, -0.05) is 47.5 Å². The molecule has 3 heterocycles. The van der Waals surface area contributed by atoms with E-state index in [1.165, 1.54) is 0 Å². The second kappa shape index (κ2) is 9.61. The molecule has 3 aliphatic heterocycles. The average molecular weight is 596 g/mol. The number of halogens is 2. The minimum atomic E-state index is -1.02. The van der Waals surface area contributed by atoms with Crippen LogP contribution in [-0.4, -0.2) is 64.9 Å². The van der Waals surface area contributed by atoms with E-state index in [1.54, 1.807) is 28.9 Å². The number of nitrogens with zero attached hydrogens (tertiary/aromatic N) is 4. The summed E-state index contributed by atoms with van der Waals surface area (Å²) in [6, 6.07) is 13.7. The zero-order chi connectivity index (χ0) is 29.4. The Morgan fingerprint density at radius 3 is 2.10 bits per heavy atom. The second-order valence-electron chi connectivity index (χ2n) is 11.4. The molecule has 214 valence electrons. The van der Waals surface area contributed by atoms with Crippen LogP contribution in [0.1, 0.15) is 50.9 Å². The van der Waals surface area contributed by atoms with E-state index in [0.29, 0.717) is 33.0 Å². The van der Waals surface area contributed by atoms with Crippen molar-refractivity contribution >= 4 is 41.0 Å². The molecule has 0 spiro atoms. The molecule has 8 nitrogen and oxygen atoms in total. The van der Waals surface area contributed by atoms with Crippen LogP contribution in [0, 0.1) is 5.41 Å². The zero-order valence-corrected chi connectivity index (χ0v) is 25.3. The first-order valence-electron chi connectivity index (χ1n) is 13.6. The Balaban J connectivity index is 1.65. The van der Waals surface area contributed by atoms with Gasteiger partial charge in [0.25, 0.3) is 0 Å². The van der Waals surface area contributed by atoms with Gasteiger partial charge in [0.2, 0.25) is 5.91 Å². The first kappa shape index (κ1) is 27.8. The van der Waals surface area contributed by atoms with E-state index in [4.69, 9.17) is 37.7 Å². The van der Waals surface area contributed by atoms with Crippen molar-refractivity contribution in [3.63, 3.8) is 0 Å². The maximum atomic E-state index is 14.6. The van der Waals surface area contributed by atoms with Gasteiger partial charge in [-0.15, -0.1) is 0 Å². The van der Waals surface area contributed by atoms with Gasteiger partial charge >= 0.3 is 6.03 Å². The fraction of sp³-hybridized carbons (Fsp3) is 0.387. The van der Waals surface area contributed by atoms with E-state index >= 15 is 0 Å². The Morgan fingerprint density at radius 1 is 0.951 bits per heavy atom. The number of benzene rings is 2. The standard InChI is InChI=1S/C31H32Cl2N4O4/c1-17(2)41-22-15-30(3,40-6)26-27-31(22,4)28-34-24(18-7-11-20(32)12-8-18)25(19-9-13-21(33)14-10-19)37(28)29(39)36(27)16-23(38)35(26)5/h7-15,17,24-25H,16H2,1-6H3. The summed E-state index contributed by atoms with van der Waals surface area (Å²) < 4.78 is 12.5. The van der Waals surface area contributed by atoms with Gasteiger partial charge in [0.1, 0.15) is 35.2 Å². The second-order valence-corrected chi connectivity index (χ2v) is 12.3. The van der Waals surface area contributed by atoms with Crippen molar-refractivity contribution in [2.45, 2.75) is 51.5 Å². The largest absolute Gasteiger partial charge is 0.494 e. The summed E-state index contributed by atoms with van der Waals surface area (Å²) >= 11 is 12.5. The zero-order valence-electron chi connectivity index (χ0n) is 23.8. The van der Waals surface area contributed by atoms with E-state index in [0.717, 1.165) is 11.1 Å². The van der Waals surface area contributed by atoms with Crippen molar-refractivity contribution < 1.29 is 19.1 Å². The lowest BCUT2D eigenvalue weighted by atomic mass is 9.70. The third kappa shape index (κ3) is 4.02. The number of fused-ring (bicyclic) bond motifs is 2. The van der Waals surface area contributed by atoms with Gasteiger partial charge in [-0.2, -0.15) is 0 Å². The quantitative estimate of drug-likeness (QED) is 0.404. The number of hydrogen-bond donors (Lipinski definition) is 0. The Kier molecular flexibility index (Phi) is 6.52. The molecule has 3 amide bonds. The molecule has 0 radical (unpaired) electrons. The number of hydrogen-bond acceptors (Lipinski definition) is 5. The maximum absolute atomic E-state index is 14.6. The molecular formula is C31H32Cl2N4O4. The molecule has 4 unspecified atom stereocenters. The molecular weight excluding hydrogens is 563 g/mol. The Morgan fingerprint density at radius 2 is 1.54 bits per heavy atom. The Bertz CT molecular complexity index is 1530. The normalized spacial score (nSPS) is 29.0. The van der Waals surface area contributed by atoms with Crippen LogP contribution in [0.2, 0.25) is 10.0 Å². The number of carbonyl (C=O) groups is 2. The number of amidine groups is 1. The summed E-state index contributed by atoms with van der Waals surface area (Å²) in [6.07, 6.45) is 1.76. The minimum absolute atomic E-state index is 0.110. The van der Waals surface area contributed by atoms with E-state index in [2.05, 4.69) is 0 Å². The molecule has 2 aromatic rings. The smallest absolute Gasteiger partial charge is 0.330 e. The topological polar surface area (TPSA) is 74.7 Å². The average Bonchev–Trinajstić information content (AvgIpc) is 3.34. The molecule has 1 aliphatic carbocycles. The highest BCUT2D eigenvalue weighted by atomic mass is 35.5. The van der Waals surface area contributed by atoms with Crippen molar-refractivity contribution in [3.05, 3.63) is 92.9 Å². The molecule has 4 atom stereocenters. The SMILES string of the molecule is COC1(C)C=C(OC(C)C)C2(C)C3=NC(c4ccc(Cl)cc4)C(c4ccc(Cl)cc4)N3C(=O)N3CC(=O)N(C)C1=C32. The Hall–Kier alpha value is -3.33. The summed E-state index contributed by atoms with van der Waals surface area (Å²) in [7, 11) is 3.32. The lowest BCUT2D eigenvalue weighted by molar-refractivity contribution is -0.132. The number of urea groups is 1. The molecule has 2 aromatic carbocycles. The molecule has 4 aliphatic rings. The van der Waals surface area contributed by atoms with Gasteiger partial charge in [-0.05, 0) is 69.2 Å². The lowest BCUT2D eigenvalue weighted by Gasteiger charge is -2.56. The predicted octanol–water partition coefficient (Wildman–Crippen LogP) is 6.34. The molecule has 1 saturated heterocycles. The summed E-state index contributed by atoms with van der Waals surface area (Å²) in [6.45, 7) is 7.71. The molecule has 6 rings (SSSR count). The summed E-state index contributed by atoms with van der Waals surface area (Å²) in [4.78, 5) is 38.2. The summed E-state index contributed by atoms with van der Waals surface area (Å²) in [5.41, 5.74) is 1.01. The highest BCUT2D eigenvalue weighted by Crippen LogP contribution is 2.58. The number of rotatable bonds is 5. The molecule has 0 aromatic heterocycles. The van der Waals surface area contributed by atoms with E-state index < -0.39 is 23.1 Å². The molecule has 10 heteroatoms. The fourth-order valence-corrected chi connectivity index (χ4v) is 6.73. The summed E-state index contributed by atoms with van der Waals surface area (Å²) in [5, 5.41) is 1.20. The fourth-order valence-electron chi connectivity index (χ4n) is 6.48. The van der Waals surface area contributed by atoms with Crippen molar-refractivity contribution in [1.29, 1.82) is 0 Å². The van der Waals surface area contributed by atoms with Crippen LogP contribution in [0.25, 0.3) is 0 Å². The van der Waals surface area contributed by atoms with E-state index in [-0.39, 0.29) is 24.6 Å². The van der Waals surface area contributed by atoms with Crippen LogP contribution in [0.3, 0.4) is 0 Å². The molecule has 0 bridgehead atoms. The molecule has 0 N–H and O–H groups in total. The lowest BCUT2D eigenvalue weighted by Crippen LogP contribution is -2.66. The highest BCUT2D eigenvalue weighted by Gasteiger charge is 2.64. The highest BCUT2D eigenvalue weighted by molar-refractivity contribution is 6.30. The number of likely N-dealkylation sites (N-methyl/N-ethyl adjacent to an activating group) is 1. The van der Waals surface area contributed by atoms with Crippen molar-refractivity contribution in [1.82, 2.24) is 14.7 Å². The third-order valence-electron chi connectivity index (χ3n) is 8.50. The van der Waals surface area contributed by atoms with Crippen LogP contribution < -0.4 is 0 Å². The number of aliphatic imine (C=N–C) groups is 1. The van der Waals surface area contributed by atoms with Gasteiger partial charge < -0.3 is 14.4 Å². The van der Waals surface area contributed by atoms with Crippen LogP contribution in [0.15, 0.2) is 76.8 Å². The van der Waals surface area contributed by atoms with Gasteiger partial charge in [0, 0.05) is 24.2 Å². The van der Waals surface area contributed by atoms with Crippen LogP contribution in [-0.2, 0) is 14.3 Å². The van der Waals surface area contributed by atoms with Crippen molar-refractivity contribution in [3.8, 4) is 0 Å². The minimum Gasteiger partial charge on any atom is -0.494 e. The van der Waals surface area contributed by atoms with E-state index in [1.807, 2.05) is 82.3 Å². The predicted molar refractivity (Wildman–Crippen MR) is 157 cm³/mol. The van der Waals surface area contributed by atoms with E-state index in [9.17, 15) is 9.59 Å².